The normalized spacial score (nSPS) is 19.1. The third-order valence-electron chi connectivity index (χ3n) is 4.09. The second-order valence-electron chi connectivity index (χ2n) is 5.50. The van der Waals surface area contributed by atoms with Gasteiger partial charge in [-0.2, -0.15) is 0 Å². The molecule has 0 saturated carbocycles. The Labute approximate surface area is 134 Å². The molecule has 3 heterocycles. The Balaban J connectivity index is 1.97. The number of piperidine rings is 1. The van der Waals surface area contributed by atoms with Crippen molar-refractivity contribution in [3.63, 3.8) is 0 Å². The number of nitrogens with one attached hydrogen (secondary N) is 1. The van der Waals surface area contributed by atoms with E-state index in [4.69, 9.17) is 0 Å². The monoisotopic (exact) mass is 348 g/mol. The fraction of sp³-hybridized carbons (Fsp3) is 0.500. The lowest BCUT2D eigenvalue weighted by atomic mass is 10.0. The molecule has 0 bridgehead atoms. The first kappa shape index (κ1) is 14.7. The van der Waals surface area contributed by atoms with Gasteiger partial charge in [0.1, 0.15) is 5.52 Å². The maximum atomic E-state index is 4.60. The summed E-state index contributed by atoms with van der Waals surface area (Å²) in [7, 11) is 0. The predicted octanol–water partition coefficient (Wildman–Crippen LogP) is 3.36. The van der Waals surface area contributed by atoms with Gasteiger partial charge in [0.05, 0.1) is 11.2 Å². The van der Waals surface area contributed by atoms with Crippen molar-refractivity contribution in [2.75, 3.05) is 24.5 Å². The van der Waals surface area contributed by atoms with Crippen molar-refractivity contribution in [2.24, 2.45) is 0 Å². The van der Waals surface area contributed by atoms with Crippen LogP contribution in [0.3, 0.4) is 0 Å². The topological polar surface area (TPSA) is 41.0 Å². The molecule has 0 amide bonds. The first-order chi connectivity index (χ1) is 10.3. The lowest BCUT2D eigenvalue weighted by Crippen LogP contribution is -2.45. The van der Waals surface area contributed by atoms with Gasteiger partial charge in [0, 0.05) is 36.0 Å². The molecule has 1 N–H and O–H groups in total. The summed E-state index contributed by atoms with van der Waals surface area (Å²) in [6.45, 7) is 5.32. The molecule has 1 unspecified atom stereocenters. The highest BCUT2D eigenvalue weighted by atomic mass is 79.9. The zero-order chi connectivity index (χ0) is 14.7. The molecule has 1 aliphatic rings. The fourth-order valence-corrected chi connectivity index (χ4v) is 3.38. The van der Waals surface area contributed by atoms with E-state index >= 15 is 0 Å². The van der Waals surface area contributed by atoms with Crippen LogP contribution < -0.4 is 10.2 Å². The van der Waals surface area contributed by atoms with Crippen LogP contribution in [-0.4, -0.2) is 35.6 Å². The molecule has 2 aromatic rings. The Morgan fingerprint density at radius 1 is 1.38 bits per heavy atom. The van der Waals surface area contributed by atoms with Gasteiger partial charge in [0.25, 0.3) is 0 Å². The smallest absolute Gasteiger partial charge is 0.112 e. The van der Waals surface area contributed by atoms with Crippen LogP contribution in [0, 0.1) is 0 Å². The number of anilines is 1. The standard InChI is InChI=1S/C16H21BrN4/c1-2-18-11-13-5-3-4-8-21(13)15-6-7-19-14-9-12(17)10-20-16(14)15/h6-7,9-10,13,18H,2-5,8,11H2,1H3. The largest absolute Gasteiger partial charge is 0.365 e. The van der Waals surface area contributed by atoms with E-state index in [1.165, 1.54) is 24.9 Å². The van der Waals surface area contributed by atoms with E-state index in [-0.39, 0.29) is 0 Å². The number of halogens is 1. The molecule has 1 fully saturated rings. The average molecular weight is 349 g/mol. The second-order valence-corrected chi connectivity index (χ2v) is 6.42. The first-order valence-electron chi connectivity index (χ1n) is 7.67. The van der Waals surface area contributed by atoms with Crippen LogP contribution in [-0.2, 0) is 0 Å². The number of fused-ring (bicyclic) bond motifs is 1. The van der Waals surface area contributed by atoms with Gasteiger partial charge in [0.2, 0.25) is 0 Å². The van der Waals surface area contributed by atoms with E-state index in [1.807, 2.05) is 18.5 Å². The van der Waals surface area contributed by atoms with Crippen molar-refractivity contribution in [3.8, 4) is 0 Å². The molecular formula is C16H21BrN4. The zero-order valence-electron chi connectivity index (χ0n) is 12.3. The molecule has 5 heteroatoms. The van der Waals surface area contributed by atoms with Crippen molar-refractivity contribution in [3.05, 3.63) is 29.0 Å². The quantitative estimate of drug-likeness (QED) is 0.919. The summed E-state index contributed by atoms with van der Waals surface area (Å²) in [5.74, 6) is 0. The van der Waals surface area contributed by atoms with E-state index in [1.54, 1.807) is 0 Å². The van der Waals surface area contributed by atoms with Gasteiger partial charge in [-0.15, -0.1) is 0 Å². The fourth-order valence-electron chi connectivity index (χ4n) is 3.06. The summed E-state index contributed by atoms with van der Waals surface area (Å²) in [5, 5.41) is 3.49. The molecule has 1 atom stereocenters. The van der Waals surface area contributed by atoms with E-state index in [0.717, 1.165) is 35.1 Å². The van der Waals surface area contributed by atoms with Gasteiger partial charge in [0.15, 0.2) is 0 Å². The minimum atomic E-state index is 0.551. The molecular weight excluding hydrogens is 328 g/mol. The van der Waals surface area contributed by atoms with Crippen molar-refractivity contribution in [1.29, 1.82) is 0 Å². The van der Waals surface area contributed by atoms with Gasteiger partial charge >= 0.3 is 0 Å². The number of pyridine rings is 2. The lowest BCUT2D eigenvalue weighted by Gasteiger charge is -2.38. The van der Waals surface area contributed by atoms with Crippen LogP contribution in [0.1, 0.15) is 26.2 Å². The van der Waals surface area contributed by atoms with E-state index in [9.17, 15) is 0 Å². The highest BCUT2D eigenvalue weighted by Gasteiger charge is 2.24. The third kappa shape index (κ3) is 3.19. The van der Waals surface area contributed by atoms with Crippen LogP contribution in [0.15, 0.2) is 29.0 Å². The number of aromatic nitrogens is 2. The summed E-state index contributed by atoms with van der Waals surface area (Å²) < 4.78 is 0.975. The van der Waals surface area contributed by atoms with E-state index in [0.29, 0.717) is 6.04 Å². The van der Waals surface area contributed by atoms with Gasteiger partial charge < -0.3 is 10.2 Å². The number of hydrogen-bond donors (Lipinski definition) is 1. The molecule has 3 rings (SSSR count). The van der Waals surface area contributed by atoms with Crippen LogP contribution in [0.2, 0.25) is 0 Å². The Morgan fingerprint density at radius 2 is 2.29 bits per heavy atom. The Hall–Kier alpha value is -1.20. The molecule has 2 aromatic heterocycles. The number of rotatable bonds is 4. The highest BCUT2D eigenvalue weighted by molar-refractivity contribution is 9.10. The molecule has 0 radical (unpaired) electrons. The minimum Gasteiger partial charge on any atom is -0.365 e. The highest BCUT2D eigenvalue weighted by Crippen LogP contribution is 2.30. The lowest BCUT2D eigenvalue weighted by molar-refractivity contribution is 0.440. The molecule has 112 valence electrons. The van der Waals surface area contributed by atoms with Crippen molar-refractivity contribution in [2.45, 2.75) is 32.2 Å². The molecule has 0 aromatic carbocycles. The van der Waals surface area contributed by atoms with Crippen LogP contribution in [0.4, 0.5) is 5.69 Å². The van der Waals surface area contributed by atoms with E-state index < -0.39 is 0 Å². The molecule has 4 nitrogen and oxygen atoms in total. The number of nitrogens with zero attached hydrogens (tertiary/aromatic N) is 3. The van der Waals surface area contributed by atoms with Gasteiger partial charge in [-0.05, 0) is 53.9 Å². The van der Waals surface area contributed by atoms with E-state index in [2.05, 4.69) is 49.1 Å². The molecule has 1 aliphatic heterocycles. The Bertz CT molecular complexity index is 616. The molecule has 0 aliphatic carbocycles. The van der Waals surface area contributed by atoms with Crippen LogP contribution in [0.25, 0.3) is 11.0 Å². The van der Waals surface area contributed by atoms with Gasteiger partial charge in [-0.3, -0.25) is 9.97 Å². The summed E-state index contributed by atoms with van der Waals surface area (Å²) in [6, 6.07) is 4.69. The van der Waals surface area contributed by atoms with Crippen LogP contribution >= 0.6 is 15.9 Å². The summed E-state index contributed by atoms with van der Waals surface area (Å²) >= 11 is 3.47. The molecule has 1 saturated heterocycles. The van der Waals surface area contributed by atoms with Gasteiger partial charge in [-0.25, -0.2) is 0 Å². The summed E-state index contributed by atoms with van der Waals surface area (Å²) in [5.41, 5.74) is 3.17. The number of hydrogen-bond acceptors (Lipinski definition) is 4. The maximum Gasteiger partial charge on any atom is 0.112 e. The summed E-state index contributed by atoms with van der Waals surface area (Å²) in [6.07, 6.45) is 7.56. The van der Waals surface area contributed by atoms with Crippen molar-refractivity contribution in [1.82, 2.24) is 15.3 Å². The first-order valence-corrected chi connectivity index (χ1v) is 8.46. The van der Waals surface area contributed by atoms with Crippen molar-refractivity contribution < 1.29 is 0 Å². The third-order valence-corrected chi connectivity index (χ3v) is 4.52. The van der Waals surface area contributed by atoms with Crippen molar-refractivity contribution >= 4 is 32.7 Å². The second kappa shape index (κ2) is 6.71. The SMILES string of the molecule is CCNCC1CCCCN1c1ccnc2cc(Br)cnc12. The maximum absolute atomic E-state index is 4.60. The Kier molecular flexibility index (Phi) is 4.70. The average Bonchev–Trinajstić information content (AvgIpc) is 2.52. The summed E-state index contributed by atoms with van der Waals surface area (Å²) in [4.78, 5) is 11.6. The van der Waals surface area contributed by atoms with Gasteiger partial charge in [-0.1, -0.05) is 6.92 Å². The zero-order valence-corrected chi connectivity index (χ0v) is 13.9. The minimum absolute atomic E-state index is 0.551. The number of likely N-dealkylation sites (N-methyl/N-ethyl adjacent to an activating group) is 1. The molecule has 21 heavy (non-hydrogen) atoms. The Morgan fingerprint density at radius 3 is 3.14 bits per heavy atom. The predicted molar refractivity (Wildman–Crippen MR) is 90.8 cm³/mol. The van der Waals surface area contributed by atoms with Crippen LogP contribution in [0.5, 0.6) is 0 Å². The molecule has 0 spiro atoms.